The van der Waals surface area contributed by atoms with Crippen LogP contribution in [0.4, 0.5) is 0 Å². The maximum absolute atomic E-state index is 12.7. The summed E-state index contributed by atoms with van der Waals surface area (Å²) < 4.78 is 21.7. The van der Waals surface area contributed by atoms with Crippen LogP contribution in [0.1, 0.15) is 194 Å². The van der Waals surface area contributed by atoms with E-state index in [1.807, 2.05) is 0 Å². The van der Waals surface area contributed by atoms with Gasteiger partial charge in [0.05, 0.1) is 6.61 Å². The largest absolute Gasteiger partial charge is 0.479 e. The van der Waals surface area contributed by atoms with Crippen LogP contribution in [-0.2, 0) is 33.3 Å². The van der Waals surface area contributed by atoms with E-state index in [2.05, 4.69) is 50.3 Å². The molecule has 58 heavy (non-hydrogen) atoms. The Bertz CT molecular complexity index is 1110. The molecular weight excluding hydrogens is 741 g/mol. The summed E-state index contributed by atoms with van der Waals surface area (Å²) >= 11 is 0. The van der Waals surface area contributed by atoms with Gasteiger partial charge < -0.3 is 39.4 Å². The molecular formula is C47H82O11. The number of allylic oxidation sites excluding steroid dienone is 6. The quantitative estimate of drug-likeness (QED) is 0.0266. The summed E-state index contributed by atoms with van der Waals surface area (Å²) in [4.78, 5) is 36.8. The molecule has 336 valence electrons. The van der Waals surface area contributed by atoms with Crippen LogP contribution >= 0.6 is 0 Å². The molecule has 11 nitrogen and oxygen atoms in total. The van der Waals surface area contributed by atoms with Gasteiger partial charge in [-0.3, -0.25) is 9.59 Å². The number of aliphatic hydroxyl groups is 3. The average Bonchev–Trinajstić information content (AvgIpc) is 3.21. The number of hydrogen-bond acceptors (Lipinski definition) is 10. The Labute approximate surface area is 351 Å². The van der Waals surface area contributed by atoms with Crippen LogP contribution in [0.3, 0.4) is 0 Å². The second kappa shape index (κ2) is 37.4. The fourth-order valence-corrected chi connectivity index (χ4v) is 6.77. The maximum Gasteiger partial charge on any atom is 0.335 e. The first kappa shape index (κ1) is 53.4. The van der Waals surface area contributed by atoms with E-state index in [0.29, 0.717) is 12.8 Å². The molecule has 0 aliphatic carbocycles. The van der Waals surface area contributed by atoms with Crippen molar-refractivity contribution in [3.8, 4) is 0 Å². The summed E-state index contributed by atoms with van der Waals surface area (Å²) in [5.41, 5.74) is 0. The monoisotopic (exact) mass is 823 g/mol. The zero-order chi connectivity index (χ0) is 42.5. The van der Waals surface area contributed by atoms with Crippen molar-refractivity contribution in [2.24, 2.45) is 0 Å². The molecule has 1 aliphatic heterocycles. The van der Waals surface area contributed by atoms with Crippen LogP contribution in [-0.4, -0.2) is 88.4 Å². The predicted octanol–water partition coefficient (Wildman–Crippen LogP) is 9.98. The van der Waals surface area contributed by atoms with Gasteiger partial charge in [0.1, 0.15) is 24.9 Å². The van der Waals surface area contributed by atoms with Crippen molar-refractivity contribution in [3.05, 3.63) is 36.5 Å². The van der Waals surface area contributed by atoms with Crippen LogP contribution in [0.15, 0.2) is 36.5 Å². The number of unbranched alkanes of at least 4 members (excludes halogenated alkanes) is 21. The van der Waals surface area contributed by atoms with E-state index >= 15 is 0 Å². The smallest absolute Gasteiger partial charge is 0.335 e. The molecule has 0 bridgehead atoms. The van der Waals surface area contributed by atoms with Crippen molar-refractivity contribution < 1.29 is 53.8 Å². The summed E-state index contributed by atoms with van der Waals surface area (Å²) in [6.07, 6.45) is 33.5. The molecule has 0 radical (unpaired) electrons. The molecule has 0 spiro atoms. The van der Waals surface area contributed by atoms with E-state index in [-0.39, 0.29) is 19.4 Å². The highest BCUT2D eigenvalue weighted by molar-refractivity contribution is 5.73. The molecule has 4 N–H and O–H groups in total. The van der Waals surface area contributed by atoms with Crippen molar-refractivity contribution in [2.75, 3.05) is 13.2 Å². The van der Waals surface area contributed by atoms with Crippen molar-refractivity contribution in [1.82, 2.24) is 0 Å². The topological polar surface area (TPSA) is 169 Å². The molecule has 0 saturated carbocycles. The van der Waals surface area contributed by atoms with Gasteiger partial charge in [-0.2, -0.15) is 0 Å². The Hall–Kier alpha value is -2.57. The third kappa shape index (κ3) is 28.8. The second-order valence-electron chi connectivity index (χ2n) is 15.9. The van der Waals surface area contributed by atoms with E-state index in [1.54, 1.807) is 0 Å². The van der Waals surface area contributed by atoms with E-state index < -0.39 is 61.3 Å². The number of carbonyl (C=O) groups excluding carboxylic acids is 2. The fourth-order valence-electron chi connectivity index (χ4n) is 6.77. The molecule has 1 rings (SSSR count). The van der Waals surface area contributed by atoms with Crippen molar-refractivity contribution >= 4 is 17.9 Å². The fraction of sp³-hybridized carbons (Fsp3) is 0.809. The Morgan fingerprint density at radius 1 is 0.534 bits per heavy atom. The minimum atomic E-state index is -1.86. The number of aliphatic carboxylic acids is 1. The van der Waals surface area contributed by atoms with Crippen molar-refractivity contribution in [3.63, 3.8) is 0 Å². The van der Waals surface area contributed by atoms with E-state index in [4.69, 9.17) is 18.9 Å². The first-order valence-electron chi connectivity index (χ1n) is 23.0. The molecule has 0 aromatic heterocycles. The van der Waals surface area contributed by atoms with Gasteiger partial charge in [-0.15, -0.1) is 0 Å². The Morgan fingerprint density at radius 3 is 1.50 bits per heavy atom. The molecule has 1 saturated heterocycles. The van der Waals surface area contributed by atoms with E-state index in [1.165, 1.54) is 83.5 Å². The lowest BCUT2D eigenvalue weighted by atomic mass is 9.99. The van der Waals surface area contributed by atoms with Gasteiger partial charge in [-0.05, 0) is 64.2 Å². The van der Waals surface area contributed by atoms with E-state index in [0.717, 1.165) is 70.6 Å². The summed E-state index contributed by atoms with van der Waals surface area (Å²) in [5.74, 6) is -2.46. The number of rotatable bonds is 38. The molecule has 0 aromatic rings. The van der Waals surface area contributed by atoms with Gasteiger partial charge in [0.15, 0.2) is 18.5 Å². The zero-order valence-electron chi connectivity index (χ0n) is 36.3. The number of carboxylic acids is 1. The van der Waals surface area contributed by atoms with E-state index in [9.17, 15) is 34.8 Å². The van der Waals surface area contributed by atoms with Crippen LogP contribution in [0.5, 0.6) is 0 Å². The summed E-state index contributed by atoms with van der Waals surface area (Å²) in [6, 6.07) is 0. The molecule has 6 atom stereocenters. The first-order chi connectivity index (χ1) is 28.2. The molecule has 1 fully saturated rings. The summed E-state index contributed by atoms with van der Waals surface area (Å²) in [7, 11) is 0. The highest BCUT2D eigenvalue weighted by atomic mass is 16.7. The third-order valence-electron chi connectivity index (χ3n) is 10.5. The zero-order valence-corrected chi connectivity index (χ0v) is 36.3. The summed E-state index contributed by atoms with van der Waals surface area (Å²) in [6.45, 7) is 3.75. The number of esters is 2. The second-order valence-corrected chi connectivity index (χ2v) is 15.9. The van der Waals surface area contributed by atoms with Gasteiger partial charge in [0, 0.05) is 12.8 Å². The molecule has 0 amide bonds. The van der Waals surface area contributed by atoms with Gasteiger partial charge in [0.2, 0.25) is 0 Å². The van der Waals surface area contributed by atoms with Crippen LogP contribution in [0.25, 0.3) is 0 Å². The van der Waals surface area contributed by atoms with Crippen molar-refractivity contribution in [2.45, 2.75) is 230 Å². The number of carbonyl (C=O) groups is 3. The molecule has 1 heterocycles. The van der Waals surface area contributed by atoms with Crippen LogP contribution in [0, 0.1) is 0 Å². The van der Waals surface area contributed by atoms with Gasteiger partial charge in [-0.1, -0.05) is 153 Å². The Balaban J connectivity index is 2.31. The minimum Gasteiger partial charge on any atom is -0.479 e. The normalized spacial score (nSPS) is 20.3. The number of hydrogen-bond donors (Lipinski definition) is 4. The minimum absolute atomic E-state index is 0.171. The average molecular weight is 823 g/mol. The lowest BCUT2D eigenvalue weighted by molar-refractivity contribution is -0.298. The lowest BCUT2D eigenvalue weighted by Gasteiger charge is -2.38. The highest BCUT2D eigenvalue weighted by Crippen LogP contribution is 2.23. The molecule has 1 aliphatic rings. The van der Waals surface area contributed by atoms with Crippen LogP contribution < -0.4 is 0 Å². The van der Waals surface area contributed by atoms with Gasteiger partial charge in [-0.25, -0.2) is 4.79 Å². The standard InChI is InChI=1S/C47H82O11/c1-3-5-7-9-11-13-15-16-17-18-19-20-21-22-23-24-26-27-29-31-33-35-40(48)55-37-39(38-56-47-44(52)42(50)43(51)45(58-47)46(53)54)57-41(49)36-34-32-30-28-25-14-12-10-8-6-4-2/h10,12,15-16,18-19,39,42-45,47,50-52H,3-9,11,13-14,17,20-38H2,1-2H3,(H,53,54)/b12-10-,16-15-,19-18-. The van der Waals surface area contributed by atoms with Crippen molar-refractivity contribution in [1.29, 1.82) is 0 Å². The third-order valence-corrected chi connectivity index (χ3v) is 10.5. The Morgan fingerprint density at radius 2 is 0.983 bits per heavy atom. The molecule has 6 unspecified atom stereocenters. The van der Waals surface area contributed by atoms with Gasteiger partial charge >= 0.3 is 17.9 Å². The molecule has 0 aromatic carbocycles. The Kier molecular flexibility index (Phi) is 34.5. The number of aliphatic hydroxyl groups excluding tert-OH is 3. The van der Waals surface area contributed by atoms with Gasteiger partial charge in [0.25, 0.3) is 0 Å². The maximum atomic E-state index is 12.7. The number of carboxylic acid groups (broad SMARTS) is 1. The predicted molar refractivity (Wildman–Crippen MR) is 229 cm³/mol. The number of ether oxygens (including phenoxy) is 4. The van der Waals surface area contributed by atoms with Crippen LogP contribution in [0.2, 0.25) is 0 Å². The highest BCUT2D eigenvalue weighted by Gasteiger charge is 2.47. The molecule has 11 heteroatoms. The first-order valence-corrected chi connectivity index (χ1v) is 23.0. The lowest BCUT2D eigenvalue weighted by Crippen LogP contribution is -2.60. The SMILES string of the molecule is CCCC/C=C\CCCCCCCC(=O)OC(COC(=O)CCCCCCCCCCC/C=C\C/C=C\CCCCCCC)COC1OC(C(=O)O)C(O)C(O)C1O. The summed E-state index contributed by atoms with van der Waals surface area (Å²) in [5, 5.41) is 39.8.